The van der Waals surface area contributed by atoms with Crippen LogP contribution < -0.4 is 5.32 Å². The average molecular weight is 329 g/mol. The van der Waals surface area contributed by atoms with Gasteiger partial charge in [-0.3, -0.25) is 0 Å². The van der Waals surface area contributed by atoms with E-state index in [1.165, 1.54) is 15.7 Å². The molecule has 1 aliphatic carbocycles. The van der Waals surface area contributed by atoms with Crippen LogP contribution in [0.1, 0.15) is 17.9 Å². The molecule has 3 rings (SSSR count). The van der Waals surface area contributed by atoms with Gasteiger partial charge in [0.05, 0.1) is 0 Å². The Morgan fingerprint density at radius 3 is 2.93 bits per heavy atom. The van der Waals surface area contributed by atoms with Gasteiger partial charge in [-0.1, -0.05) is 56.1 Å². The zero-order valence-electron chi connectivity index (χ0n) is 8.08. The summed E-state index contributed by atoms with van der Waals surface area (Å²) in [4.78, 5) is 0.509. The van der Waals surface area contributed by atoms with Crippen molar-refractivity contribution in [1.82, 2.24) is 0 Å². The molecular weight excluding hydrogens is 318 g/mol. The van der Waals surface area contributed by atoms with Crippen molar-refractivity contribution >= 4 is 37.5 Å². The maximum atomic E-state index is 3.76. The van der Waals surface area contributed by atoms with Crippen LogP contribution in [0.2, 0.25) is 0 Å². The third-order valence-electron chi connectivity index (χ3n) is 3.17. The van der Waals surface area contributed by atoms with Gasteiger partial charge in [0.15, 0.2) is 0 Å². The smallest absolute Gasteiger partial charge is 0.0494 e. The molecule has 1 nitrogen and oxygen atoms in total. The Hall–Kier alpha value is -0.280. The molecular formula is C12H11Br2N. The third kappa shape index (κ3) is 1.56. The summed E-state index contributed by atoms with van der Waals surface area (Å²) in [6, 6.07) is 9.08. The van der Waals surface area contributed by atoms with E-state index in [2.05, 4.69) is 67.5 Å². The van der Waals surface area contributed by atoms with E-state index >= 15 is 0 Å². The predicted molar refractivity (Wildman–Crippen MR) is 70.9 cm³/mol. The number of halogens is 2. The van der Waals surface area contributed by atoms with Crippen LogP contribution in [0.4, 0.5) is 5.69 Å². The highest BCUT2D eigenvalue weighted by Crippen LogP contribution is 2.45. The number of benzene rings is 1. The van der Waals surface area contributed by atoms with Crippen molar-refractivity contribution in [1.29, 1.82) is 0 Å². The molecule has 1 aliphatic heterocycles. The van der Waals surface area contributed by atoms with Crippen LogP contribution in [0.5, 0.6) is 0 Å². The zero-order valence-corrected chi connectivity index (χ0v) is 11.3. The number of fused-ring (bicyclic) bond motifs is 3. The number of nitrogens with one attached hydrogen (secondary N) is 1. The Labute approximate surface area is 106 Å². The van der Waals surface area contributed by atoms with Gasteiger partial charge in [0, 0.05) is 22.5 Å². The van der Waals surface area contributed by atoms with Gasteiger partial charge in [0.2, 0.25) is 0 Å². The fourth-order valence-electron chi connectivity index (χ4n) is 2.47. The van der Waals surface area contributed by atoms with Crippen molar-refractivity contribution in [2.24, 2.45) is 0 Å². The first-order valence-corrected chi connectivity index (χ1v) is 6.82. The van der Waals surface area contributed by atoms with Crippen LogP contribution in [-0.4, -0.2) is 10.9 Å². The van der Waals surface area contributed by atoms with E-state index < -0.39 is 0 Å². The van der Waals surface area contributed by atoms with E-state index in [0.29, 0.717) is 16.8 Å². The molecule has 1 N–H and O–H groups in total. The van der Waals surface area contributed by atoms with Gasteiger partial charge in [-0.2, -0.15) is 0 Å². The zero-order chi connectivity index (χ0) is 10.4. The van der Waals surface area contributed by atoms with Crippen molar-refractivity contribution in [3.63, 3.8) is 0 Å². The first kappa shape index (κ1) is 9.91. The lowest BCUT2D eigenvalue weighted by molar-refractivity contribution is 0.625. The minimum Gasteiger partial charge on any atom is -0.380 e. The highest BCUT2D eigenvalue weighted by atomic mass is 79.9. The van der Waals surface area contributed by atoms with Crippen molar-refractivity contribution in [3.05, 3.63) is 40.4 Å². The van der Waals surface area contributed by atoms with Crippen LogP contribution in [0.3, 0.4) is 0 Å². The summed E-state index contributed by atoms with van der Waals surface area (Å²) >= 11 is 7.38. The summed E-state index contributed by atoms with van der Waals surface area (Å²) in [5, 5.41) is 3.59. The molecule has 0 saturated carbocycles. The molecule has 0 fully saturated rings. The Balaban J connectivity index is 2.08. The molecule has 0 radical (unpaired) electrons. The van der Waals surface area contributed by atoms with Gasteiger partial charge < -0.3 is 5.32 Å². The van der Waals surface area contributed by atoms with Gasteiger partial charge in [-0.05, 0) is 22.5 Å². The largest absolute Gasteiger partial charge is 0.380 e. The number of hydrogen-bond donors (Lipinski definition) is 1. The molecule has 3 heteroatoms. The summed E-state index contributed by atoms with van der Waals surface area (Å²) in [7, 11) is 0. The molecule has 0 aromatic heterocycles. The second-order valence-electron chi connectivity index (χ2n) is 4.12. The molecule has 1 aromatic rings. The number of allylic oxidation sites excluding steroid dienone is 1. The maximum absolute atomic E-state index is 3.76. The SMILES string of the molecule is BrC1=C[C@@H]2c3ccccc3N[C@@H]2[C@H](Br)C1. The highest BCUT2D eigenvalue weighted by Gasteiger charge is 2.37. The Morgan fingerprint density at radius 2 is 2.07 bits per heavy atom. The molecule has 0 unspecified atom stereocenters. The van der Waals surface area contributed by atoms with Crippen molar-refractivity contribution in [3.8, 4) is 0 Å². The van der Waals surface area contributed by atoms with E-state index in [4.69, 9.17) is 0 Å². The Morgan fingerprint density at radius 1 is 1.27 bits per heavy atom. The summed E-state index contributed by atoms with van der Waals surface area (Å²) in [6.45, 7) is 0. The van der Waals surface area contributed by atoms with Crippen LogP contribution in [0, 0.1) is 0 Å². The molecule has 0 amide bonds. The van der Waals surface area contributed by atoms with E-state index in [-0.39, 0.29) is 0 Å². The minimum absolute atomic E-state index is 0.503. The van der Waals surface area contributed by atoms with Crippen molar-refractivity contribution in [2.45, 2.75) is 23.2 Å². The second-order valence-corrected chi connectivity index (χ2v) is 6.31. The lowest BCUT2D eigenvalue weighted by Gasteiger charge is -2.28. The Bertz CT molecular complexity index is 427. The average Bonchev–Trinajstić information content (AvgIpc) is 2.57. The molecule has 1 aromatic carbocycles. The fourth-order valence-corrected chi connectivity index (χ4v) is 4.34. The topological polar surface area (TPSA) is 12.0 Å². The van der Waals surface area contributed by atoms with Crippen LogP contribution in [-0.2, 0) is 0 Å². The van der Waals surface area contributed by atoms with Gasteiger partial charge >= 0.3 is 0 Å². The van der Waals surface area contributed by atoms with E-state index in [1.807, 2.05) is 0 Å². The molecule has 0 spiro atoms. The number of rotatable bonds is 0. The maximum Gasteiger partial charge on any atom is 0.0494 e. The highest BCUT2D eigenvalue weighted by molar-refractivity contribution is 9.12. The summed E-state index contributed by atoms with van der Waals surface area (Å²) in [6.07, 6.45) is 3.41. The normalized spacial score (nSPS) is 32.7. The van der Waals surface area contributed by atoms with E-state index in [1.54, 1.807) is 0 Å². The van der Waals surface area contributed by atoms with Crippen LogP contribution >= 0.6 is 31.9 Å². The van der Waals surface area contributed by atoms with Crippen molar-refractivity contribution in [2.75, 3.05) is 5.32 Å². The standard InChI is InChI=1S/C12H11Br2N/c13-7-5-9-8-3-1-2-4-11(8)15-12(9)10(14)6-7/h1-5,9-10,12,15H,6H2/t9-,10-,12+/m1/s1. The monoisotopic (exact) mass is 327 g/mol. The third-order valence-corrected chi connectivity index (χ3v) is 4.65. The first-order valence-electron chi connectivity index (χ1n) is 5.11. The van der Waals surface area contributed by atoms with Gasteiger partial charge in [-0.25, -0.2) is 0 Å². The van der Waals surface area contributed by atoms with Crippen LogP contribution in [0.15, 0.2) is 34.8 Å². The molecule has 1 heterocycles. The summed E-state index contributed by atoms with van der Waals surface area (Å²) in [5.41, 5.74) is 2.71. The lowest BCUT2D eigenvalue weighted by Crippen LogP contribution is -2.32. The fraction of sp³-hybridized carbons (Fsp3) is 0.333. The quantitative estimate of drug-likeness (QED) is 0.709. The lowest BCUT2D eigenvalue weighted by atomic mass is 9.88. The Kier molecular flexibility index (Phi) is 2.40. The number of anilines is 1. The summed E-state index contributed by atoms with van der Waals surface area (Å²) < 4.78 is 1.31. The van der Waals surface area contributed by atoms with Gasteiger partial charge in [0.1, 0.15) is 0 Å². The molecule has 15 heavy (non-hydrogen) atoms. The molecule has 2 aliphatic rings. The van der Waals surface area contributed by atoms with E-state index in [9.17, 15) is 0 Å². The van der Waals surface area contributed by atoms with Gasteiger partial charge in [0.25, 0.3) is 0 Å². The molecule has 0 bridgehead atoms. The predicted octanol–water partition coefficient (Wildman–Crippen LogP) is 4.01. The number of alkyl halides is 1. The second kappa shape index (κ2) is 3.63. The minimum atomic E-state index is 0.503. The molecule has 0 saturated heterocycles. The molecule has 3 atom stereocenters. The first-order chi connectivity index (χ1) is 7.25. The van der Waals surface area contributed by atoms with Crippen molar-refractivity contribution < 1.29 is 0 Å². The summed E-state index contributed by atoms with van der Waals surface area (Å²) in [5.74, 6) is 0.508. The van der Waals surface area contributed by atoms with Crippen LogP contribution in [0.25, 0.3) is 0 Å². The molecule has 78 valence electrons. The number of hydrogen-bond acceptors (Lipinski definition) is 1. The number of para-hydroxylation sites is 1. The van der Waals surface area contributed by atoms with E-state index in [0.717, 1.165) is 6.42 Å². The van der Waals surface area contributed by atoms with Gasteiger partial charge in [-0.15, -0.1) is 0 Å².